The van der Waals surface area contributed by atoms with E-state index < -0.39 is 21.7 Å². The Morgan fingerprint density at radius 2 is 1.87 bits per heavy atom. The maximum absolute atomic E-state index is 12.4. The topological polar surface area (TPSA) is 94.8 Å². The van der Waals surface area contributed by atoms with Gasteiger partial charge in [0.05, 0.1) is 28.8 Å². The third kappa shape index (κ3) is 6.35. The van der Waals surface area contributed by atoms with Gasteiger partial charge >= 0.3 is 5.97 Å². The Morgan fingerprint density at radius 3 is 2.58 bits per heavy atom. The summed E-state index contributed by atoms with van der Waals surface area (Å²) in [4.78, 5) is 28.8. The average molecular weight is 461 g/mol. The van der Waals surface area contributed by atoms with E-state index in [1.807, 2.05) is 31.2 Å². The maximum atomic E-state index is 12.4. The lowest BCUT2D eigenvalue weighted by Gasteiger charge is -2.04. The number of hydrogen-bond donors (Lipinski definition) is 0. The normalized spacial score (nSPS) is 12.3. The number of nitrogens with zero attached hydrogens (tertiary/aromatic N) is 2. The minimum atomic E-state index is -3.31. The largest absolute Gasteiger partial charge is 0.468 e. The van der Waals surface area contributed by atoms with E-state index in [-0.39, 0.29) is 30.9 Å². The molecule has 164 valence electrons. The number of ether oxygens (including phenoxy) is 1. The smallest absolute Gasteiger partial charge is 0.325 e. The Morgan fingerprint density at radius 1 is 1.13 bits per heavy atom. The summed E-state index contributed by atoms with van der Waals surface area (Å²) in [6.07, 6.45) is 0.206. The number of carbonyl (C=O) groups excluding carboxylic acids is 2. The molecule has 0 fully saturated rings. The first-order valence-corrected chi connectivity index (χ1v) is 12.4. The van der Waals surface area contributed by atoms with Gasteiger partial charge in [0.15, 0.2) is 14.6 Å². The SMILES string of the molecule is COC(=O)Cn1c(=NC(=O)CCCS(=O)(=O)Cc2ccccc2)sc2cc(C)ccc21. The summed E-state index contributed by atoms with van der Waals surface area (Å²) in [5, 5.41) is 0. The van der Waals surface area contributed by atoms with Gasteiger partial charge in [-0.1, -0.05) is 47.7 Å². The van der Waals surface area contributed by atoms with Gasteiger partial charge in [0.2, 0.25) is 5.91 Å². The second kappa shape index (κ2) is 10.0. The first-order chi connectivity index (χ1) is 14.8. The highest BCUT2D eigenvalue weighted by Crippen LogP contribution is 2.19. The number of rotatable bonds is 8. The Bertz CT molecular complexity index is 1260. The number of aromatic nitrogens is 1. The molecule has 0 bridgehead atoms. The Hall–Kier alpha value is -2.78. The van der Waals surface area contributed by atoms with Crippen LogP contribution in [-0.4, -0.2) is 37.7 Å². The van der Waals surface area contributed by atoms with E-state index in [4.69, 9.17) is 4.74 Å². The number of sulfone groups is 1. The molecule has 0 radical (unpaired) electrons. The Labute approximate surface area is 184 Å². The fourth-order valence-corrected chi connectivity index (χ4v) is 5.69. The molecule has 1 amide bonds. The summed E-state index contributed by atoms with van der Waals surface area (Å²) >= 11 is 1.31. The van der Waals surface area contributed by atoms with Crippen molar-refractivity contribution in [3.8, 4) is 0 Å². The van der Waals surface area contributed by atoms with Gasteiger partial charge in [-0.15, -0.1) is 0 Å². The van der Waals surface area contributed by atoms with Crippen molar-refractivity contribution in [2.24, 2.45) is 4.99 Å². The number of amides is 1. The number of esters is 1. The molecule has 7 nitrogen and oxygen atoms in total. The minimum Gasteiger partial charge on any atom is -0.468 e. The predicted molar refractivity (Wildman–Crippen MR) is 120 cm³/mol. The fourth-order valence-electron chi connectivity index (χ4n) is 3.12. The monoisotopic (exact) mass is 460 g/mol. The van der Waals surface area contributed by atoms with E-state index in [2.05, 4.69) is 4.99 Å². The Kier molecular flexibility index (Phi) is 7.40. The van der Waals surface area contributed by atoms with Gasteiger partial charge in [-0.05, 0) is 36.6 Å². The van der Waals surface area contributed by atoms with E-state index in [1.165, 1.54) is 18.4 Å². The molecule has 1 aromatic heterocycles. The van der Waals surface area contributed by atoms with Crippen molar-refractivity contribution in [3.63, 3.8) is 0 Å². The highest BCUT2D eigenvalue weighted by atomic mass is 32.2. The van der Waals surface area contributed by atoms with Gasteiger partial charge in [0.1, 0.15) is 6.54 Å². The van der Waals surface area contributed by atoms with Gasteiger partial charge in [-0.2, -0.15) is 4.99 Å². The van der Waals surface area contributed by atoms with Gasteiger partial charge in [-0.25, -0.2) is 8.42 Å². The third-order valence-electron chi connectivity index (χ3n) is 4.65. The molecule has 0 N–H and O–H groups in total. The summed E-state index contributed by atoms with van der Waals surface area (Å²) in [7, 11) is -2.01. The van der Waals surface area contributed by atoms with Crippen LogP contribution < -0.4 is 4.80 Å². The van der Waals surface area contributed by atoms with E-state index >= 15 is 0 Å². The lowest BCUT2D eigenvalue weighted by atomic mass is 10.2. The minimum absolute atomic E-state index is 0.0134. The molecule has 0 unspecified atom stereocenters. The highest BCUT2D eigenvalue weighted by molar-refractivity contribution is 7.90. The molecule has 3 rings (SSSR count). The van der Waals surface area contributed by atoms with Crippen molar-refractivity contribution >= 4 is 43.3 Å². The molecule has 0 spiro atoms. The zero-order valence-corrected chi connectivity index (χ0v) is 19.0. The van der Waals surface area contributed by atoms with Crippen LogP contribution >= 0.6 is 11.3 Å². The summed E-state index contributed by atoms with van der Waals surface area (Å²) in [5.74, 6) is -0.997. The van der Waals surface area contributed by atoms with Gasteiger partial charge in [0.25, 0.3) is 0 Å². The highest BCUT2D eigenvalue weighted by Gasteiger charge is 2.14. The standard InChI is InChI=1S/C22H24N2O5S2/c1-16-10-11-18-19(13-16)30-22(24(18)14-21(26)29-2)23-20(25)9-6-12-31(27,28)15-17-7-4-3-5-8-17/h3-5,7-8,10-11,13H,6,9,12,14-15H2,1-2H3. The first-order valence-electron chi connectivity index (χ1n) is 9.76. The molecule has 3 aromatic rings. The van der Waals surface area contributed by atoms with Crippen molar-refractivity contribution in [1.82, 2.24) is 4.57 Å². The number of methoxy groups -OCH3 is 1. The van der Waals surface area contributed by atoms with Crippen LogP contribution in [0.5, 0.6) is 0 Å². The first kappa shape index (κ1) is 22.9. The van der Waals surface area contributed by atoms with Crippen LogP contribution in [0.2, 0.25) is 0 Å². The molecule has 0 saturated carbocycles. The van der Waals surface area contributed by atoms with Crippen molar-refractivity contribution in [2.45, 2.75) is 32.1 Å². The summed E-state index contributed by atoms with van der Waals surface area (Å²) in [6, 6.07) is 14.7. The van der Waals surface area contributed by atoms with Crippen LogP contribution in [0.3, 0.4) is 0 Å². The quantitative estimate of drug-likeness (QED) is 0.482. The van der Waals surface area contributed by atoms with Crippen LogP contribution in [0.25, 0.3) is 10.2 Å². The molecule has 0 saturated heterocycles. The summed E-state index contributed by atoms with van der Waals surface area (Å²) < 4.78 is 31.9. The number of carbonyl (C=O) groups is 2. The van der Waals surface area contributed by atoms with Crippen LogP contribution in [0, 0.1) is 6.92 Å². The fraction of sp³-hybridized carbons (Fsp3) is 0.318. The number of aryl methyl sites for hydroxylation is 1. The van der Waals surface area contributed by atoms with Crippen LogP contribution in [0.1, 0.15) is 24.0 Å². The zero-order chi connectivity index (χ0) is 22.4. The molecule has 0 aliphatic rings. The molecule has 31 heavy (non-hydrogen) atoms. The molecule has 0 atom stereocenters. The van der Waals surface area contributed by atoms with Crippen LogP contribution in [0.4, 0.5) is 0 Å². The second-order valence-corrected chi connectivity index (χ2v) is 10.4. The molecule has 9 heteroatoms. The lowest BCUT2D eigenvalue weighted by Crippen LogP contribution is -2.22. The Balaban J connectivity index is 1.73. The molecule has 2 aromatic carbocycles. The van der Waals surface area contributed by atoms with Crippen molar-refractivity contribution in [3.05, 3.63) is 64.5 Å². The maximum Gasteiger partial charge on any atom is 0.325 e. The van der Waals surface area contributed by atoms with Crippen LogP contribution in [0.15, 0.2) is 53.5 Å². The lowest BCUT2D eigenvalue weighted by molar-refractivity contribution is -0.141. The van der Waals surface area contributed by atoms with Crippen molar-refractivity contribution in [1.29, 1.82) is 0 Å². The number of benzene rings is 2. The van der Waals surface area contributed by atoms with E-state index in [0.29, 0.717) is 4.80 Å². The molecule has 0 aliphatic heterocycles. The predicted octanol–water partition coefficient (Wildman–Crippen LogP) is 3.01. The molecular formula is C22H24N2O5S2. The van der Waals surface area contributed by atoms with Crippen molar-refractivity contribution in [2.75, 3.05) is 12.9 Å². The summed E-state index contributed by atoms with van der Waals surface area (Å²) in [6.45, 7) is 1.90. The van der Waals surface area contributed by atoms with E-state index in [1.54, 1.807) is 28.8 Å². The van der Waals surface area contributed by atoms with E-state index in [0.717, 1.165) is 21.3 Å². The average Bonchev–Trinajstić information content (AvgIpc) is 3.03. The zero-order valence-electron chi connectivity index (χ0n) is 17.4. The molecule has 1 heterocycles. The van der Waals surface area contributed by atoms with Crippen LogP contribution in [-0.2, 0) is 36.5 Å². The second-order valence-electron chi connectivity index (χ2n) is 7.20. The van der Waals surface area contributed by atoms with Gasteiger partial charge in [-0.3, -0.25) is 9.59 Å². The molecular weight excluding hydrogens is 436 g/mol. The number of hydrogen-bond acceptors (Lipinski definition) is 6. The van der Waals surface area contributed by atoms with Gasteiger partial charge < -0.3 is 9.30 Å². The van der Waals surface area contributed by atoms with Gasteiger partial charge in [0, 0.05) is 6.42 Å². The summed E-state index contributed by atoms with van der Waals surface area (Å²) in [5.41, 5.74) is 2.57. The van der Waals surface area contributed by atoms with Crippen molar-refractivity contribution < 1.29 is 22.7 Å². The number of thiazole rings is 1. The number of fused-ring (bicyclic) bond motifs is 1. The molecule has 0 aliphatic carbocycles. The third-order valence-corrected chi connectivity index (χ3v) is 7.37. The van der Waals surface area contributed by atoms with E-state index in [9.17, 15) is 18.0 Å².